The number of aromatic nitrogens is 1. The van der Waals surface area contributed by atoms with E-state index in [-0.39, 0.29) is 11.0 Å². The number of rotatable bonds is 5. The monoisotopic (exact) mass is 270 g/mol. The molecule has 0 saturated carbocycles. The van der Waals surface area contributed by atoms with Crippen LogP contribution in [0.15, 0.2) is 0 Å². The molecule has 0 fully saturated rings. The van der Waals surface area contributed by atoms with Crippen molar-refractivity contribution in [1.82, 2.24) is 10.3 Å². The second kappa shape index (κ2) is 5.68. The third-order valence-electron chi connectivity index (χ3n) is 3.32. The van der Waals surface area contributed by atoms with Crippen LogP contribution in [0.2, 0.25) is 0 Å². The van der Waals surface area contributed by atoms with Gasteiger partial charge in [-0.1, -0.05) is 27.7 Å². The summed E-state index contributed by atoms with van der Waals surface area (Å²) < 4.78 is 5.66. The van der Waals surface area contributed by atoms with Crippen LogP contribution in [0.5, 0.6) is 0 Å². The number of nitrogens with one attached hydrogen (secondary N) is 1. The molecule has 3 nitrogen and oxygen atoms in total. The number of methoxy groups -OCH3 is 1. The van der Waals surface area contributed by atoms with E-state index in [0.29, 0.717) is 0 Å². The van der Waals surface area contributed by atoms with Gasteiger partial charge in [-0.25, -0.2) is 4.98 Å². The van der Waals surface area contributed by atoms with E-state index in [1.54, 1.807) is 18.4 Å². The number of hydrogen-bond donors (Lipinski definition) is 1. The van der Waals surface area contributed by atoms with Crippen molar-refractivity contribution in [2.45, 2.75) is 58.6 Å². The maximum Gasteiger partial charge on any atom is 0.125 e. The summed E-state index contributed by atoms with van der Waals surface area (Å²) in [6.07, 6.45) is 0.930. The highest BCUT2D eigenvalue weighted by Crippen LogP contribution is 2.37. The maximum absolute atomic E-state index is 5.66. The fourth-order valence-corrected chi connectivity index (χ4v) is 3.31. The lowest BCUT2D eigenvalue weighted by Gasteiger charge is -2.24. The van der Waals surface area contributed by atoms with E-state index in [1.165, 1.54) is 10.6 Å². The van der Waals surface area contributed by atoms with Crippen LogP contribution in [0, 0.1) is 0 Å². The largest absolute Gasteiger partial charge is 0.371 e. The lowest BCUT2D eigenvalue weighted by atomic mass is 9.91. The standard InChI is InChI=1S/C14H26N2OS/c1-8-14(5,17-7)12-16-11(13(2,3)4)10(18-12)9-15-6/h15H,8-9H2,1-7H3. The normalized spacial score (nSPS) is 15.7. The first-order valence-electron chi connectivity index (χ1n) is 6.49. The Balaban J connectivity index is 3.25. The van der Waals surface area contributed by atoms with Gasteiger partial charge in [0.1, 0.15) is 10.6 Å². The van der Waals surface area contributed by atoms with E-state index < -0.39 is 0 Å². The summed E-state index contributed by atoms with van der Waals surface area (Å²) in [4.78, 5) is 6.18. The summed E-state index contributed by atoms with van der Waals surface area (Å²) in [5.74, 6) is 0. The Morgan fingerprint density at radius 1 is 1.28 bits per heavy atom. The second-order valence-corrected chi connectivity index (χ2v) is 6.94. The van der Waals surface area contributed by atoms with Crippen LogP contribution < -0.4 is 5.32 Å². The van der Waals surface area contributed by atoms with Crippen molar-refractivity contribution in [2.24, 2.45) is 0 Å². The molecule has 104 valence electrons. The van der Waals surface area contributed by atoms with Crippen molar-refractivity contribution >= 4 is 11.3 Å². The van der Waals surface area contributed by atoms with Crippen molar-refractivity contribution in [3.63, 3.8) is 0 Å². The molecule has 4 heteroatoms. The second-order valence-electron chi connectivity index (χ2n) is 5.86. The third kappa shape index (κ3) is 3.11. The molecule has 0 bridgehead atoms. The molecule has 0 saturated heterocycles. The first-order valence-corrected chi connectivity index (χ1v) is 7.30. The van der Waals surface area contributed by atoms with Gasteiger partial charge in [-0.05, 0) is 20.4 Å². The van der Waals surface area contributed by atoms with Crippen LogP contribution in [0.3, 0.4) is 0 Å². The molecule has 1 N–H and O–H groups in total. The van der Waals surface area contributed by atoms with Crippen molar-refractivity contribution in [3.05, 3.63) is 15.6 Å². The first kappa shape index (κ1) is 15.6. The highest BCUT2D eigenvalue weighted by Gasteiger charge is 2.32. The van der Waals surface area contributed by atoms with E-state index in [4.69, 9.17) is 9.72 Å². The van der Waals surface area contributed by atoms with Gasteiger partial charge in [-0.3, -0.25) is 0 Å². The molecule has 0 aliphatic carbocycles. The molecule has 0 aromatic carbocycles. The molecule has 1 atom stereocenters. The van der Waals surface area contributed by atoms with E-state index >= 15 is 0 Å². The van der Waals surface area contributed by atoms with E-state index in [1.807, 2.05) is 7.05 Å². The minimum Gasteiger partial charge on any atom is -0.371 e. The van der Waals surface area contributed by atoms with Gasteiger partial charge in [0.2, 0.25) is 0 Å². The number of thiazole rings is 1. The molecule has 1 unspecified atom stereocenters. The fourth-order valence-electron chi connectivity index (χ4n) is 1.83. The van der Waals surface area contributed by atoms with Gasteiger partial charge in [-0.2, -0.15) is 0 Å². The molecule has 18 heavy (non-hydrogen) atoms. The molecule has 0 spiro atoms. The molecule has 1 heterocycles. The lowest BCUT2D eigenvalue weighted by Crippen LogP contribution is -2.23. The Bertz CT molecular complexity index is 389. The summed E-state index contributed by atoms with van der Waals surface area (Å²) >= 11 is 1.77. The smallest absolute Gasteiger partial charge is 0.125 e. The Morgan fingerprint density at radius 2 is 1.89 bits per heavy atom. The number of ether oxygens (including phenoxy) is 1. The van der Waals surface area contributed by atoms with Crippen molar-refractivity contribution in [2.75, 3.05) is 14.2 Å². The molecular formula is C14H26N2OS. The summed E-state index contributed by atoms with van der Waals surface area (Å²) in [6.45, 7) is 11.7. The van der Waals surface area contributed by atoms with Gasteiger partial charge >= 0.3 is 0 Å². The Morgan fingerprint density at radius 3 is 2.28 bits per heavy atom. The van der Waals surface area contributed by atoms with Crippen LogP contribution >= 0.6 is 11.3 Å². The van der Waals surface area contributed by atoms with E-state index in [0.717, 1.165) is 18.0 Å². The van der Waals surface area contributed by atoms with Gasteiger partial charge in [0.15, 0.2) is 0 Å². The van der Waals surface area contributed by atoms with Crippen LogP contribution in [-0.2, 0) is 22.3 Å². The summed E-state index contributed by atoms with van der Waals surface area (Å²) in [5, 5.41) is 4.31. The van der Waals surface area contributed by atoms with Crippen LogP contribution in [0.1, 0.15) is 56.6 Å². The van der Waals surface area contributed by atoms with Crippen molar-refractivity contribution < 1.29 is 4.74 Å². The summed E-state index contributed by atoms with van der Waals surface area (Å²) in [6, 6.07) is 0. The average molecular weight is 270 g/mol. The molecule has 0 aliphatic rings. The van der Waals surface area contributed by atoms with Gasteiger partial charge in [0, 0.05) is 23.9 Å². The molecule has 1 aromatic heterocycles. The first-order chi connectivity index (χ1) is 8.28. The summed E-state index contributed by atoms with van der Waals surface area (Å²) in [7, 11) is 3.74. The Hall–Kier alpha value is -0.450. The zero-order chi connectivity index (χ0) is 14.0. The number of nitrogens with zero attached hydrogens (tertiary/aromatic N) is 1. The predicted molar refractivity (Wildman–Crippen MR) is 78.2 cm³/mol. The third-order valence-corrected chi connectivity index (χ3v) is 4.62. The Kier molecular flexibility index (Phi) is 4.92. The minimum absolute atomic E-state index is 0.0727. The van der Waals surface area contributed by atoms with Gasteiger partial charge in [0.05, 0.1) is 5.69 Å². The van der Waals surface area contributed by atoms with E-state index in [2.05, 4.69) is 39.9 Å². The summed E-state index contributed by atoms with van der Waals surface area (Å²) in [5.41, 5.74) is 0.994. The van der Waals surface area contributed by atoms with Crippen LogP contribution in [-0.4, -0.2) is 19.1 Å². The highest BCUT2D eigenvalue weighted by atomic mass is 32.1. The predicted octanol–water partition coefficient (Wildman–Crippen LogP) is 3.43. The maximum atomic E-state index is 5.66. The molecule has 0 radical (unpaired) electrons. The SMILES string of the molecule is CCC(C)(OC)c1nc(C(C)(C)C)c(CNC)s1. The number of hydrogen-bond acceptors (Lipinski definition) is 4. The topological polar surface area (TPSA) is 34.1 Å². The average Bonchev–Trinajstić information content (AvgIpc) is 2.73. The zero-order valence-corrected chi connectivity index (χ0v) is 13.5. The van der Waals surface area contributed by atoms with Crippen molar-refractivity contribution in [1.29, 1.82) is 0 Å². The molecule has 0 amide bonds. The lowest BCUT2D eigenvalue weighted by molar-refractivity contribution is -0.00174. The Labute approximate surface area is 115 Å². The quantitative estimate of drug-likeness (QED) is 0.890. The molecule has 1 aromatic rings. The highest BCUT2D eigenvalue weighted by molar-refractivity contribution is 7.11. The van der Waals surface area contributed by atoms with E-state index in [9.17, 15) is 0 Å². The van der Waals surface area contributed by atoms with Gasteiger partial charge in [-0.15, -0.1) is 11.3 Å². The minimum atomic E-state index is -0.267. The molecular weight excluding hydrogens is 244 g/mol. The van der Waals surface area contributed by atoms with Gasteiger partial charge < -0.3 is 10.1 Å². The van der Waals surface area contributed by atoms with Crippen LogP contribution in [0.25, 0.3) is 0 Å². The fraction of sp³-hybridized carbons (Fsp3) is 0.786. The van der Waals surface area contributed by atoms with Gasteiger partial charge in [0.25, 0.3) is 0 Å². The molecule has 0 aliphatic heterocycles. The van der Waals surface area contributed by atoms with Crippen molar-refractivity contribution in [3.8, 4) is 0 Å². The molecule has 1 rings (SSSR count). The zero-order valence-electron chi connectivity index (χ0n) is 12.7. The van der Waals surface area contributed by atoms with Crippen LogP contribution in [0.4, 0.5) is 0 Å².